The van der Waals surface area contributed by atoms with E-state index in [9.17, 15) is 9.90 Å². The van der Waals surface area contributed by atoms with E-state index in [1.807, 2.05) is 12.5 Å². The average Bonchev–Trinajstić information content (AvgIpc) is 2.58. The molecule has 0 spiro atoms. The number of amides is 1. The fraction of sp³-hybridized carbons (Fsp3) is 0.917. The van der Waals surface area contributed by atoms with Crippen LogP contribution in [0.3, 0.4) is 0 Å². The first kappa shape index (κ1) is 15.8. The maximum Gasteiger partial charge on any atom is 0.277 e. The third-order valence-corrected chi connectivity index (χ3v) is 4.41. The highest BCUT2D eigenvalue weighted by Crippen LogP contribution is 2.27. The number of aliphatic hydroxyl groups is 1. The van der Waals surface area contributed by atoms with Crippen molar-refractivity contribution in [2.24, 2.45) is 0 Å². The van der Waals surface area contributed by atoms with E-state index in [1.54, 1.807) is 27.9 Å². The second-order valence-corrected chi connectivity index (χ2v) is 7.66. The van der Waals surface area contributed by atoms with Crippen molar-refractivity contribution in [3.8, 4) is 0 Å². The van der Waals surface area contributed by atoms with E-state index in [-0.39, 0.29) is 16.8 Å². The summed E-state index contributed by atoms with van der Waals surface area (Å²) in [4.78, 5) is 13.6. The van der Waals surface area contributed by atoms with E-state index in [4.69, 9.17) is 9.47 Å². The van der Waals surface area contributed by atoms with Crippen LogP contribution in [0.2, 0.25) is 0 Å². The van der Waals surface area contributed by atoms with Crippen LogP contribution in [-0.2, 0) is 25.2 Å². The lowest BCUT2D eigenvalue weighted by molar-refractivity contribution is -0.154. The summed E-state index contributed by atoms with van der Waals surface area (Å²) in [5.41, 5.74) is 0. The van der Waals surface area contributed by atoms with E-state index < -0.39 is 23.2 Å². The highest BCUT2D eigenvalue weighted by molar-refractivity contribution is 7.96. The van der Waals surface area contributed by atoms with Gasteiger partial charge in [-0.3, -0.25) is 4.79 Å². The van der Waals surface area contributed by atoms with Gasteiger partial charge < -0.3 is 19.5 Å². The van der Waals surface area contributed by atoms with Crippen LogP contribution in [-0.4, -0.2) is 72.4 Å². The molecular weight excluding hydrogens is 254 g/mol. The van der Waals surface area contributed by atoms with Gasteiger partial charge in [-0.15, -0.1) is 0 Å². The number of carbonyl (C=O) groups is 1. The Labute approximate surface area is 112 Å². The molecule has 0 aromatic carbocycles. The molecule has 1 aliphatic heterocycles. The third-order valence-electron chi connectivity index (χ3n) is 2.91. The first-order chi connectivity index (χ1) is 8.15. The summed E-state index contributed by atoms with van der Waals surface area (Å²) in [7, 11) is 3.17. The summed E-state index contributed by atoms with van der Waals surface area (Å²) in [6, 6.07) is 0. The van der Waals surface area contributed by atoms with Crippen molar-refractivity contribution in [2.75, 3.05) is 33.2 Å². The fourth-order valence-electron chi connectivity index (χ4n) is 1.96. The van der Waals surface area contributed by atoms with Crippen LogP contribution in [0.25, 0.3) is 0 Å². The van der Waals surface area contributed by atoms with Crippen molar-refractivity contribution in [3.63, 3.8) is 0 Å². The van der Waals surface area contributed by atoms with E-state index in [1.165, 1.54) is 4.90 Å². The number of hydrogen-bond acceptors (Lipinski definition) is 4. The van der Waals surface area contributed by atoms with E-state index in [0.717, 1.165) is 0 Å². The Morgan fingerprint density at radius 3 is 2.33 bits per heavy atom. The Balaban J connectivity index is 2.78. The van der Waals surface area contributed by atoms with E-state index in [0.29, 0.717) is 6.61 Å². The first-order valence-electron chi connectivity index (χ1n) is 5.93. The average molecular weight is 278 g/mol. The van der Waals surface area contributed by atoms with E-state index in [2.05, 4.69) is 0 Å². The quantitative estimate of drug-likeness (QED) is 0.726. The smallest absolute Gasteiger partial charge is 0.277 e. The molecule has 0 bridgehead atoms. The van der Waals surface area contributed by atoms with Gasteiger partial charge in [-0.1, -0.05) is 0 Å². The summed E-state index contributed by atoms with van der Waals surface area (Å²) >= 11 is 0. The highest BCUT2D eigenvalue weighted by atomic mass is 32.2. The van der Waals surface area contributed by atoms with Gasteiger partial charge in [-0.25, -0.2) is 0 Å². The third kappa shape index (κ3) is 3.60. The number of rotatable bonds is 4. The van der Waals surface area contributed by atoms with Crippen molar-refractivity contribution < 1.29 is 19.4 Å². The lowest BCUT2D eigenvalue weighted by Crippen LogP contribution is -2.51. The number of carbonyl (C=O) groups excluding carboxylic acids is 1. The molecule has 1 aliphatic rings. The summed E-state index contributed by atoms with van der Waals surface area (Å²) in [5.74, 6) is -0.749. The minimum Gasteiger partial charge on any atom is -0.384 e. The van der Waals surface area contributed by atoms with E-state index >= 15 is 0 Å². The maximum absolute atomic E-state index is 12.1. The standard InChI is InChI=1S/C12H24NO4S/c1-12(2)16-7-8(17-12)9(14)10(18(5)6)11(15)13(3)4/h8-10,14H,7H2,1-6H3/q+1/t8-,9-,10+/m1/s1. The Morgan fingerprint density at radius 2 is 2.00 bits per heavy atom. The molecule has 0 unspecified atom stereocenters. The summed E-state index contributed by atoms with van der Waals surface area (Å²) in [6.45, 7) is 3.93. The summed E-state index contributed by atoms with van der Waals surface area (Å²) in [6.07, 6.45) is 2.63. The molecule has 0 saturated carbocycles. The molecule has 1 N–H and O–H groups in total. The molecule has 1 amide bonds. The molecule has 1 heterocycles. The zero-order valence-electron chi connectivity index (χ0n) is 12.0. The van der Waals surface area contributed by atoms with Crippen LogP contribution >= 0.6 is 0 Å². The van der Waals surface area contributed by atoms with Gasteiger partial charge in [0.15, 0.2) is 5.79 Å². The molecule has 0 aliphatic carbocycles. The monoisotopic (exact) mass is 278 g/mol. The van der Waals surface area contributed by atoms with Crippen LogP contribution in [0.4, 0.5) is 0 Å². The molecule has 5 nitrogen and oxygen atoms in total. The SMILES string of the molecule is CN(C)C(=O)[C@H]([C@H](O)[C@H]1COC(C)(C)O1)[S+](C)C. The van der Waals surface area contributed by atoms with Gasteiger partial charge in [0.2, 0.25) is 5.25 Å². The topological polar surface area (TPSA) is 59.0 Å². The van der Waals surface area contributed by atoms with Crippen LogP contribution in [0.5, 0.6) is 0 Å². The van der Waals surface area contributed by atoms with Crippen molar-refractivity contribution in [1.29, 1.82) is 0 Å². The van der Waals surface area contributed by atoms with Crippen molar-refractivity contribution in [1.82, 2.24) is 4.90 Å². The number of ether oxygens (including phenoxy) is 2. The predicted octanol–water partition coefficient (Wildman–Crippen LogP) is -0.166. The molecule has 0 aromatic heterocycles. The minimum absolute atomic E-state index is 0.0656. The second-order valence-electron chi connectivity index (χ2n) is 5.39. The minimum atomic E-state index is -0.833. The van der Waals surface area contributed by atoms with Crippen LogP contribution in [0.1, 0.15) is 13.8 Å². The van der Waals surface area contributed by atoms with Crippen LogP contribution in [0.15, 0.2) is 0 Å². The van der Waals surface area contributed by atoms with Gasteiger partial charge in [0.05, 0.1) is 19.1 Å². The number of hydrogen-bond donors (Lipinski definition) is 1. The first-order valence-corrected chi connectivity index (χ1v) is 8.03. The normalized spacial score (nSPS) is 26.1. The Morgan fingerprint density at radius 1 is 1.44 bits per heavy atom. The molecule has 1 saturated heterocycles. The van der Waals surface area contributed by atoms with Gasteiger partial charge in [0.25, 0.3) is 5.91 Å². The van der Waals surface area contributed by atoms with Crippen LogP contribution < -0.4 is 0 Å². The molecule has 1 rings (SSSR count). The Bertz CT molecular complexity index is 306. The van der Waals surface area contributed by atoms with Gasteiger partial charge in [-0.2, -0.15) is 0 Å². The maximum atomic E-state index is 12.1. The lowest BCUT2D eigenvalue weighted by Gasteiger charge is -2.26. The second kappa shape index (κ2) is 5.77. The molecular formula is C12H24NO4S+. The van der Waals surface area contributed by atoms with Gasteiger partial charge in [-0.05, 0) is 24.7 Å². The zero-order valence-corrected chi connectivity index (χ0v) is 12.8. The largest absolute Gasteiger partial charge is 0.384 e. The molecule has 1 fully saturated rings. The van der Waals surface area contributed by atoms with Crippen molar-refractivity contribution >= 4 is 16.8 Å². The summed E-state index contributed by atoms with van der Waals surface area (Å²) in [5, 5.41) is 9.94. The summed E-state index contributed by atoms with van der Waals surface area (Å²) < 4.78 is 11.1. The Hall–Kier alpha value is -0.300. The highest BCUT2D eigenvalue weighted by Gasteiger charge is 2.47. The molecule has 3 atom stereocenters. The predicted molar refractivity (Wildman–Crippen MR) is 72.6 cm³/mol. The lowest BCUT2D eigenvalue weighted by atomic mass is 10.1. The van der Waals surface area contributed by atoms with Crippen LogP contribution in [0, 0.1) is 0 Å². The van der Waals surface area contributed by atoms with Gasteiger partial charge in [0, 0.05) is 14.1 Å². The van der Waals surface area contributed by atoms with Gasteiger partial charge >= 0.3 is 0 Å². The van der Waals surface area contributed by atoms with Gasteiger partial charge in [0.1, 0.15) is 12.2 Å². The Kier molecular flexibility index (Phi) is 5.05. The number of nitrogens with zero attached hydrogens (tertiary/aromatic N) is 1. The zero-order chi connectivity index (χ0) is 14.1. The molecule has 18 heavy (non-hydrogen) atoms. The molecule has 6 heteroatoms. The molecule has 106 valence electrons. The molecule has 0 radical (unpaired) electrons. The van der Waals surface area contributed by atoms with Crippen molar-refractivity contribution in [2.45, 2.75) is 37.1 Å². The number of aliphatic hydroxyl groups excluding tert-OH is 1. The fourth-order valence-corrected chi connectivity index (χ4v) is 3.31. The molecule has 0 aromatic rings. The van der Waals surface area contributed by atoms with Crippen molar-refractivity contribution in [3.05, 3.63) is 0 Å².